The second kappa shape index (κ2) is 4.34. The molecule has 4 aromatic rings. The molecule has 0 amide bonds. The first-order valence-electron chi connectivity index (χ1n) is 6.78. The summed E-state index contributed by atoms with van der Waals surface area (Å²) in [5.41, 5.74) is 6.42. The smallest absolute Gasteiger partial charge is 0.186 e. The highest BCUT2D eigenvalue weighted by Gasteiger charge is 2.15. The molecule has 3 aromatic heterocycles. The fourth-order valence-corrected chi connectivity index (χ4v) is 2.66. The molecule has 21 heavy (non-hydrogen) atoms. The summed E-state index contributed by atoms with van der Waals surface area (Å²) < 4.78 is 1.86. The molecule has 5 heteroatoms. The van der Waals surface area contributed by atoms with Gasteiger partial charge in [0, 0.05) is 6.20 Å². The van der Waals surface area contributed by atoms with Crippen molar-refractivity contribution < 1.29 is 0 Å². The maximum Gasteiger partial charge on any atom is 0.186 e. The molecule has 0 fully saturated rings. The van der Waals surface area contributed by atoms with E-state index >= 15 is 0 Å². The Bertz CT molecular complexity index is 957. The van der Waals surface area contributed by atoms with E-state index in [0.29, 0.717) is 0 Å². The quantitative estimate of drug-likeness (QED) is 0.536. The Kier molecular flexibility index (Phi) is 2.47. The first-order valence-corrected chi connectivity index (χ1v) is 6.78. The van der Waals surface area contributed by atoms with Crippen molar-refractivity contribution in [2.24, 2.45) is 0 Å². The summed E-state index contributed by atoms with van der Waals surface area (Å²) >= 11 is 0. The molecular formula is C16H13N5. The van der Waals surface area contributed by atoms with Gasteiger partial charge in [-0.05, 0) is 25.5 Å². The van der Waals surface area contributed by atoms with Gasteiger partial charge in [0.2, 0.25) is 0 Å². The van der Waals surface area contributed by atoms with Crippen molar-refractivity contribution >= 4 is 16.7 Å². The molecule has 5 nitrogen and oxygen atoms in total. The minimum Gasteiger partial charge on any atom is -0.259 e. The number of pyridine rings is 1. The molecule has 0 saturated heterocycles. The standard InChI is InChI=1S/C16H13N5/c1-10-14(12-6-4-3-5-7-12)16-19-18-15-11(2)17-9-8-13(15)21(16)20-10/h3-9H,1-2H3. The minimum absolute atomic E-state index is 0.775. The van der Waals surface area contributed by atoms with Crippen molar-refractivity contribution in [1.82, 2.24) is 24.8 Å². The molecule has 0 bridgehead atoms. The highest BCUT2D eigenvalue weighted by Crippen LogP contribution is 2.28. The van der Waals surface area contributed by atoms with Gasteiger partial charge in [-0.25, -0.2) is 4.52 Å². The van der Waals surface area contributed by atoms with Gasteiger partial charge in [-0.2, -0.15) is 5.10 Å². The van der Waals surface area contributed by atoms with E-state index < -0.39 is 0 Å². The van der Waals surface area contributed by atoms with Crippen LogP contribution >= 0.6 is 0 Å². The Morgan fingerprint density at radius 2 is 1.71 bits per heavy atom. The normalized spacial score (nSPS) is 11.3. The van der Waals surface area contributed by atoms with E-state index in [4.69, 9.17) is 0 Å². The molecular weight excluding hydrogens is 262 g/mol. The molecule has 0 spiro atoms. The van der Waals surface area contributed by atoms with Crippen LogP contribution in [0, 0.1) is 13.8 Å². The van der Waals surface area contributed by atoms with Gasteiger partial charge in [0.1, 0.15) is 5.52 Å². The first kappa shape index (κ1) is 12.0. The summed E-state index contributed by atoms with van der Waals surface area (Å²) in [6.07, 6.45) is 1.78. The minimum atomic E-state index is 0.775. The summed E-state index contributed by atoms with van der Waals surface area (Å²) in [5.74, 6) is 0. The highest BCUT2D eigenvalue weighted by atomic mass is 15.3. The van der Waals surface area contributed by atoms with Crippen LogP contribution in [0.15, 0.2) is 42.6 Å². The Morgan fingerprint density at radius 1 is 0.905 bits per heavy atom. The van der Waals surface area contributed by atoms with Crippen molar-refractivity contribution in [3.8, 4) is 11.1 Å². The van der Waals surface area contributed by atoms with E-state index in [0.717, 1.165) is 39.2 Å². The zero-order chi connectivity index (χ0) is 14.4. The molecule has 102 valence electrons. The Labute approximate surface area is 121 Å². The summed E-state index contributed by atoms with van der Waals surface area (Å²) in [7, 11) is 0. The van der Waals surface area contributed by atoms with E-state index in [-0.39, 0.29) is 0 Å². The van der Waals surface area contributed by atoms with Crippen LogP contribution in [0.5, 0.6) is 0 Å². The fraction of sp³-hybridized carbons (Fsp3) is 0.125. The predicted octanol–water partition coefficient (Wildman–Crippen LogP) is 2.96. The molecule has 4 rings (SSSR count). The molecule has 3 heterocycles. The van der Waals surface area contributed by atoms with Crippen molar-refractivity contribution in [3.63, 3.8) is 0 Å². The lowest BCUT2D eigenvalue weighted by molar-refractivity contribution is 0.919. The lowest BCUT2D eigenvalue weighted by atomic mass is 10.1. The molecule has 0 aliphatic carbocycles. The van der Waals surface area contributed by atoms with Gasteiger partial charge in [0.25, 0.3) is 0 Å². The van der Waals surface area contributed by atoms with Gasteiger partial charge >= 0.3 is 0 Å². The number of hydrogen-bond acceptors (Lipinski definition) is 4. The number of rotatable bonds is 1. The summed E-state index contributed by atoms with van der Waals surface area (Å²) in [6.45, 7) is 3.92. The van der Waals surface area contributed by atoms with Crippen molar-refractivity contribution in [3.05, 3.63) is 54.0 Å². The topological polar surface area (TPSA) is 56.0 Å². The zero-order valence-electron chi connectivity index (χ0n) is 11.8. The van der Waals surface area contributed by atoms with Crippen molar-refractivity contribution in [1.29, 1.82) is 0 Å². The third kappa shape index (κ3) is 1.71. The van der Waals surface area contributed by atoms with E-state index in [2.05, 4.69) is 32.4 Å². The first-order chi connectivity index (χ1) is 10.3. The van der Waals surface area contributed by atoms with Crippen LogP contribution in [-0.2, 0) is 0 Å². The van der Waals surface area contributed by atoms with Crippen LogP contribution < -0.4 is 0 Å². The molecule has 0 aliphatic heterocycles. The third-order valence-electron chi connectivity index (χ3n) is 3.66. The number of aromatic nitrogens is 5. The van der Waals surface area contributed by atoms with E-state index in [9.17, 15) is 0 Å². The van der Waals surface area contributed by atoms with Gasteiger partial charge in [-0.1, -0.05) is 30.3 Å². The molecule has 0 saturated carbocycles. The van der Waals surface area contributed by atoms with E-state index in [1.807, 2.05) is 42.6 Å². The van der Waals surface area contributed by atoms with Gasteiger partial charge in [-0.15, -0.1) is 10.2 Å². The van der Waals surface area contributed by atoms with Crippen LogP contribution in [0.4, 0.5) is 0 Å². The predicted molar refractivity (Wildman–Crippen MR) is 81.0 cm³/mol. The lowest BCUT2D eigenvalue weighted by Gasteiger charge is -2.02. The second-order valence-electron chi connectivity index (χ2n) is 5.03. The Balaban J connectivity index is 2.13. The molecule has 1 aromatic carbocycles. The van der Waals surface area contributed by atoms with Gasteiger partial charge < -0.3 is 0 Å². The molecule has 0 radical (unpaired) electrons. The van der Waals surface area contributed by atoms with Crippen LogP contribution in [0.2, 0.25) is 0 Å². The highest BCUT2D eigenvalue weighted by molar-refractivity contribution is 5.85. The van der Waals surface area contributed by atoms with Crippen LogP contribution in [-0.4, -0.2) is 24.8 Å². The van der Waals surface area contributed by atoms with Gasteiger partial charge in [-0.3, -0.25) is 4.98 Å². The SMILES string of the molecule is Cc1nn2c(nnc3c(C)nccc32)c1-c1ccccc1. The summed E-state index contributed by atoms with van der Waals surface area (Å²) in [5, 5.41) is 13.4. The fourth-order valence-electron chi connectivity index (χ4n) is 2.66. The van der Waals surface area contributed by atoms with Crippen molar-refractivity contribution in [2.75, 3.05) is 0 Å². The van der Waals surface area contributed by atoms with E-state index in [1.54, 1.807) is 6.20 Å². The molecule has 0 unspecified atom stereocenters. The maximum atomic E-state index is 4.65. The number of nitrogens with zero attached hydrogens (tertiary/aromatic N) is 5. The second-order valence-corrected chi connectivity index (χ2v) is 5.03. The van der Waals surface area contributed by atoms with Crippen LogP contribution in [0.1, 0.15) is 11.4 Å². The molecule has 0 aliphatic rings. The Morgan fingerprint density at radius 3 is 2.52 bits per heavy atom. The summed E-state index contributed by atoms with van der Waals surface area (Å²) in [6, 6.07) is 12.1. The average Bonchev–Trinajstić information content (AvgIpc) is 2.85. The van der Waals surface area contributed by atoms with Crippen molar-refractivity contribution in [2.45, 2.75) is 13.8 Å². The van der Waals surface area contributed by atoms with Gasteiger partial charge in [0.05, 0.1) is 22.5 Å². The number of hydrogen-bond donors (Lipinski definition) is 0. The third-order valence-corrected chi connectivity index (χ3v) is 3.66. The molecule has 0 atom stereocenters. The largest absolute Gasteiger partial charge is 0.259 e. The van der Waals surface area contributed by atoms with Crippen LogP contribution in [0.25, 0.3) is 27.8 Å². The zero-order valence-corrected chi connectivity index (χ0v) is 11.8. The monoisotopic (exact) mass is 275 g/mol. The van der Waals surface area contributed by atoms with Gasteiger partial charge in [0.15, 0.2) is 5.65 Å². The average molecular weight is 275 g/mol. The lowest BCUT2D eigenvalue weighted by Crippen LogP contribution is -1.99. The summed E-state index contributed by atoms with van der Waals surface area (Å²) in [4.78, 5) is 4.26. The number of benzene rings is 1. The number of fused-ring (bicyclic) bond motifs is 3. The number of aryl methyl sites for hydroxylation is 2. The van der Waals surface area contributed by atoms with E-state index in [1.165, 1.54) is 0 Å². The van der Waals surface area contributed by atoms with Crippen LogP contribution in [0.3, 0.4) is 0 Å². The molecule has 0 N–H and O–H groups in total. The Hall–Kier alpha value is -2.82. The maximum absolute atomic E-state index is 4.65.